The van der Waals surface area contributed by atoms with Gasteiger partial charge in [-0.05, 0) is 10.8 Å². The Morgan fingerprint density at radius 3 is 1.19 bits per heavy atom. The molecule has 0 heterocycles. The molecule has 2 aromatic carbocycles. The fourth-order valence-corrected chi connectivity index (χ4v) is 3.69. The van der Waals surface area contributed by atoms with Gasteiger partial charge in [0.2, 0.25) is 0 Å². The largest absolute Gasteiger partial charge is 0.504 e. The normalized spacial score (nSPS) is 10.6. The van der Waals surface area contributed by atoms with Gasteiger partial charge in [0.25, 0.3) is 0 Å². The molecule has 164 valence electrons. The summed E-state index contributed by atoms with van der Waals surface area (Å²) in [4.78, 5) is 3.83. The monoisotopic (exact) mass is 430 g/mol. The maximum Gasteiger partial charge on any atom is 0.162 e. The van der Waals surface area contributed by atoms with Crippen LogP contribution in [0.3, 0.4) is 0 Å². The van der Waals surface area contributed by atoms with E-state index in [2.05, 4.69) is 24.3 Å². The minimum Gasteiger partial charge on any atom is -0.504 e. The second-order valence-corrected chi connectivity index (χ2v) is 7.38. The van der Waals surface area contributed by atoms with Crippen molar-refractivity contribution in [2.45, 2.75) is 38.8 Å². The van der Waals surface area contributed by atoms with Crippen molar-refractivity contribution >= 4 is 10.8 Å². The number of benzene rings is 2. The Labute approximate surface area is 188 Å². The first-order chi connectivity index (χ1) is 15.6. The molecule has 0 fully saturated rings. The van der Waals surface area contributed by atoms with Crippen molar-refractivity contribution in [3.8, 4) is 35.8 Å². The van der Waals surface area contributed by atoms with Gasteiger partial charge in [0.15, 0.2) is 11.5 Å². The number of nitriles is 4. The lowest BCUT2D eigenvalue weighted by molar-refractivity contribution is 0.268. The maximum atomic E-state index is 10.9. The maximum absolute atomic E-state index is 10.9. The Balaban J connectivity index is 2.48. The third-order valence-electron chi connectivity index (χ3n) is 5.30. The molecule has 2 N–H and O–H groups in total. The predicted molar refractivity (Wildman–Crippen MR) is 119 cm³/mol. The third-order valence-corrected chi connectivity index (χ3v) is 5.30. The number of phenols is 2. The number of aromatic hydroxyl groups is 2. The van der Waals surface area contributed by atoms with Crippen molar-refractivity contribution in [3.63, 3.8) is 0 Å². The molecule has 8 heteroatoms. The lowest BCUT2D eigenvalue weighted by atomic mass is 9.96. The van der Waals surface area contributed by atoms with Gasteiger partial charge in [0, 0.05) is 76.1 Å². The van der Waals surface area contributed by atoms with Gasteiger partial charge < -0.3 is 10.2 Å². The molecule has 0 aromatic heterocycles. The highest BCUT2D eigenvalue weighted by atomic mass is 16.3. The van der Waals surface area contributed by atoms with Crippen molar-refractivity contribution in [1.82, 2.24) is 9.80 Å². The van der Waals surface area contributed by atoms with Gasteiger partial charge >= 0.3 is 0 Å². The molecular weight excluding hydrogens is 404 g/mol. The molecule has 0 bridgehead atoms. The summed E-state index contributed by atoms with van der Waals surface area (Å²) in [5.74, 6) is -0.448. The zero-order valence-corrected chi connectivity index (χ0v) is 18.0. The minimum atomic E-state index is -0.224. The summed E-state index contributed by atoms with van der Waals surface area (Å²) in [7, 11) is 0. The van der Waals surface area contributed by atoms with Crippen LogP contribution in [0.25, 0.3) is 10.8 Å². The second-order valence-electron chi connectivity index (χ2n) is 7.38. The van der Waals surface area contributed by atoms with Crippen molar-refractivity contribution < 1.29 is 10.2 Å². The van der Waals surface area contributed by atoms with Crippen LogP contribution in [0, 0.1) is 45.3 Å². The average Bonchev–Trinajstić information content (AvgIpc) is 2.82. The standard InChI is InChI=1S/C24H26N6O2/c25-9-3-13-29(14-4-10-26)17-21-19-7-1-2-8-20(19)22(24(32)23(21)31)18-30(15-5-11-27)16-6-12-28/h1-2,7-8,31-32H,3-6,13-18H2. The van der Waals surface area contributed by atoms with Crippen LogP contribution in [-0.4, -0.2) is 46.2 Å². The van der Waals surface area contributed by atoms with Crippen molar-refractivity contribution in [3.05, 3.63) is 35.4 Å². The first kappa shape index (κ1) is 24.4. The molecule has 0 aliphatic carbocycles. The summed E-state index contributed by atoms with van der Waals surface area (Å²) in [6.07, 6.45) is 1.17. The van der Waals surface area contributed by atoms with Gasteiger partial charge in [-0.25, -0.2) is 0 Å². The van der Waals surface area contributed by atoms with E-state index in [1.807, 2.05) is 34.1 Å². The SMILES string of the molecule is N#CCCN(CCC#N)Cc1c(O)c(O)c(CN(CCC#N)CCC#N)c2ccccc12. The Kier molecular flexibility index (Phi) is 9.76. The highest BCUT2D eigenvalue weighted by molar-refractivity contribution is 5.93. The summed E-state index contributed by atoms with van der Waals surface area (Å²) < 4.78 is 0. The molecule has 0 atom stereocenters. The fraction of sp³-hybridized carbons (Fsp3) is 0.417. The van der Waals surface area contributed by atoms with E-state index >= 15 is 0 Å². The van der Waals surface area contributed by atoms with Crippen molar-refractivity contribution in [2.75, 3.05) is 26.2 Å². The van der Waals surface area contributed by atoms with Gasteiger partial charge in [-0.15, -0.1) is 0 Å². The summed E-state index contributed by atoms with van der Waals surface area (Å²) in [5, 5.41) is 59.2. The molecule has 2 rings (SSSR count). The number of phenolic OH excluding ortho intramolecular Hbond substituents is 2. The lowest BCUT2D eigenvalue weighted by Gasteiger charge is -2.25. The highest BCUT2D eigenvalue weighted by Crippen LogP contribution is 2.41. The average molecular weight is 431 g/mol. The molecule has 0 aliphatic rings. The Morgan fingerprint density at radius 1 is 0.594 bits per heavy atom. The molecule has 0 saturated carbocycles. The number of rotatable bonds is 12. The van der Waals surface area contributed by atoms with E-state index < -0.39 is 0 Å². The van der Waals surface area contributed by atoms with Gasteiger partial charge in [-0.3, -0.25) is 9.80 Å². The van der Waals surface area contributed by atoms with Gasteiger partial charge in [-0.1, -0.05) is 24.3 Å². The van der Waals surface area contributed by atoms with E-state index in [1.165, 1.54) is 0 Å². The number of nitrogens with zero attached hydrogens (tertiary/aromatic N) is 6. The first-order valence-electron chi connectivity index (χ1n) is 10.4. The Hall–Kier alpha value is -3.82. The van der Waals surface area contributed by atoms with E-state index in [9.17, 15) is 10.2 Å². The quantitative estimate of drug-likeness (QED) is 0.487. The second kappa shape index (κ2) is 12.8. The summed E-state index contributed by atoms with van der Waals surface area (Å²) in [6, 6.07) is 15.8. The van der Waals surface area contributed by atoms with Gasteiger partial charge in [-0.2, -0.15) is 21.0 Å². The van der Waals surface area contributed by atoms with Crippen LogP contribution in [-0.2, 0) is 13.1 Å². The van der Waals surface area contributed by atoms with Crippen LogP contribution in [0.2, 0.25) is 0 Å². The topological polar surface area (TPSA) is 142 Å². The van der Waals surface area contributed by atoms with Crippen LogP contribution < -0.4 is 0 Å². The van der Waals surface area contributed by atoms with Crippen LogP contribution >= 0.6 is 0 Å². The van der Waals surface area contributed by atoms with Crippen molar-refractivity contribution in [1.29, 1.82) is 21.0 Å². The first-order valence-corrected chi connectivity index (χ1v) is 10.4. The third kappa shape index (κ3) is 6.34. The molecule has 0 unspecified atom stereocenters. The molecule has 0 spiro atoms. The fourth-order valence-electron chi connectivity index (χ4n) is 3.69. The van der Waals surface area contributed by atoms with Crippen LogP contribution in [0.4, 0.5) is 0 Å². The summed E-state index contributed by atoms with van der Waals surface area (Å²) in [6.45, 7) is 2.37. The minimum absolute atomic E-state index is 0.224. The number of hydrogen-bond donors (Lipinski definition) is 2. The highest BCUT2D eigenvalue weighted by Gasteiger charge is 2.21. The zero-order valence-electron chi connectivity index (χ0n) is 18.0. The molecular formula is C24H26N6O2. The molecule has 2 aromatic rings. The molecule has 0 radical (unpaired) electrons. The van der Waals surface area contributed by atoms with E-state index in [-0.39, 0.29) is 24.6 Å². The Morgan fingerprint density at radius 2 is 0.906 bits per heavy atom. The van der Waals surface area contributed by atoms with Crippen LogP contribution in [0.1, 0.15) is 36.8 Å². The number of fused-ring (bicyclic) bond motifs is 1. The Bertz CT molecular complexity index is 965. The lowest BCUT2D eigenvalue weighted by Crippen LogP contribution is -2.26. The molecule has 0 amide bonds. The van der Waals surface area contributed by atoms with E-state index in [4.69, 9.17) is 21.0 Å². The summed E-state index contributed by atoms with van der Waals surface area (Å²) >= 11 is 0. The zero-order chi connectivity index (χ0) is 23.3. The van der Waals surface area contributed by atoms with Crippen molar-refractivity contribution in [2.24, 2.45) is 0 Å². The molecule has 32 heavy (non-hydrogen) atoms. The van der Waals surface area contributed by atoms with Crippen LogP contribution in [0.15, 0.2) is 24.3 Å². The molecule has 0 saturated heterocycles. The van der Waals surface area contributed by atoms with E-state index in [0.717, 1.165) is 10.8 Å². The number of hydrogen-bond acceptors (Lipinski definition) is 8. The van der Waals surface area contributed by atoms with E-state index in [1.54, 1.807) is 0 Å². The predicted octanol–water partition coefficient (Wildman–Crippen LogP) is 3.51. The summed E-state index contributed by atoms with van der Waals surface area (Å²) in [5.41, 5.74) is 1.08. The smallest absolute Gasteiger partial charge is 0.162 e. The van der Waals surface area contributed by atoms with E-state index in [0.29, 0.717) is 63.0 Å². The van der Waals surface area contributed by atoms with Crippen LogP contribution in [0.5, 0.6) is 11.5 Å². The molecule has 0 aliphatic heterocycles. The molecule has 8 nitrogen and oxygen atoms in total. The van der Waals surface area contributed by atoms with Gasteiger partial charge in [0.05, 0.1) is 24.3 Å². The van der Waals surface area contributed by atoms with Gasteiger partial charge in [0.1, 0.15) is 0 Å².